The highest BCUT2D eigenvalue weighted by atomic mass is 16.4. The van der Waals surface area contributed by atoms with Crippen LogP contribution in [0.4, 0.5) is 0 Å². The van der Waals surface area contributed by atoms with E-state index in [1.165, 1.54) is 25.7 Å². The van der Waals surface area contributed by atoms with Crippen molar-refractivity contribution in [1.29, 1.82) is 0 Å². The number of carbonyl (C=O) groups is 1. The molecule has 0 unspecified atom stereocenters. The molecule has 0 rings (SSSR count). The number of rotatable bonds is 14. The summed E-state index contributed by atoms with van der Waals surface area (Å²) in [6.07, 6.45) is 23.1. The number of hydrogen-bond acceptors (Lipinski definition) is 2. The fraction of sp³-hybridized carbons (Fsp3) is 0.550. The van der Waals surface area contributed by atoms with Gasteiger partial charge in [0.25, 0.3) is 0 Å². The van der Waals surface area contributed by atoms with Gasteiger partial charge in [0.15, 0.2) is 0 Å². The Morgan fingerprint density at radius 2 is 1.48 bits per heavy atom. The van der Waals surface area contributed by atoms with Gasteiger partial charge >= 0.3 is 5.97 Å². The molecule has 23 heavy (non-hydrogen) atoms. The molecule has 0 aromatic carbocycles. The van der Waals surface area contributed by atoms with Crippen molar-refractivity contribution in [3.8, 4) is 0 Å². The highest BCUT2D eigenvalue weighted by molar-refractivity contribution is 5.66. The van der Waals surface area contributed by atoms with Gasteiger partial charge in [-0.2, -0.15) is 0 Å². The van der Waals surface area contributed by atoms with Crippen LogP contribution in [0.2, 0.25) is 0 Å². The molecule has 0 aliphatic carbocycles. The van der Waals surface area contributed by atoms with Crippen LogP contribution in [0, 0.1) is 0 Å². The molecule has 3 heteroatoms. The first kappa shape index (κ1) is 21.2. The zero-order valence-corrected chi connectivity index (χ0v) is 14.4. The molecule has 0 bridgehead atoms. The van der Waals surface area contributed by atoms with Crippen LogP contribution in [0.5, 0.6) is 0 Å². The van der Waals surface area contributed by atoms with Gasteiger partial charge in [-0.3, -0.25) is 4.79 Å². The van der Waals surface area contributed by atoms with Crippen LogP contribution in [-0.2, 0) is 4.79 Å². The minimum atomic E-state index is -0.751. The fourth-order valence-electron chi connectivity index (χ4n) is 2.00. The summed E-state index contributed by atoms with van der Waals surface area (Å²) in [6.45, 7) is 2.21. The molecule has 0 aromatic heterocycles. The highest BCUT2D eigenvalue weighted by Crippen LogP contribution is 2.04. The van der Waals surface area contributed by atoms with Gasteiger partial charge in [-0.05, 0) is 57.1 Å². The van der Waals surface area contributed by atoms with Gasteiger partial charge in [0.1, 0.15) is 5.76 Å². The molecular weight excluding hydrogens is 288 g/mol. The monoisotopic (exact) mass is 320 g/mol. The second-order valence-corrected chi connectivity index (χ2v) is 5.58. The number of aliphatic hydroxyl groups is 1. The van der Waals surface area contributed by atoms with E-state index in [4.69, 9.17) is 5.11 Å². The lowest BCUT2D eigenvalue weighted by Gasteiger charge is -1.94. The molecule has 0 atom stereocenters. The van der Waals surface area contributed by atoms with Crippen LogP contribution in [0.15, 0.2) is 48.3 Å². The maximum Gasteiger partial charge on any atom is 0.303 e. The number of unbranched alkanes of at least 4 members (excludes halogenated alkanes) is 5. The summed E-state index contributed by atoms with van der Waals surface area (Å²) in [5.41, 5.74) is 0. The zero-order chi connectivity index (χ0) is 17.2. The minimum absolute atomic E-state index is 0.216. The number of aliphatic hydroxyl groups excluding tert-OH is 1. The van der Waals surface area contributed by atoms with Crippen LogP contribution < -0.4 is 0 Å². The molecule has 0 spiro atoms. The van der Waals surface area contributed by atoms with Gasteiger partial charge in [-0.1, -0.05) is 50.1 Å². The van der Waals surface area contributed by atoms with Crippen LogP contribution >= 0.6 is 0 Å². The number of carboxylic acids is 1. The Labute approximate surface area is 141 Å². The van der Waals surface area contributed by atoms with E-state index in [9.17, 15) is 9.90 Å². The van der Waals surface area contributed by atoms with E-state index >= 15 is 0 Å². The molecule has 130 valence electrons. The van der Waals surface area contributed by atoms with E-state index in [-0.39, 0.29) is 12.2 Å². The van der Waals surface area contributed by atoms with Gasteiger partial charge in [-0.15, -0.1) is 0 Å². The standard InChI is InChI=1S/C20H32O3/c1-2-3-4-5-6-7-8-9-10-13-16-19(21)17-14-11-12-15-18-20(22)23/h6-7,9-10,14,16-17,21H,2-5,8,11-13,15,18H2,1H3,(H,22,23)/b7-6-,10-9+,17-14+,19-16+. The first-order chi connectivity index (χ1) is 11.2. The molecule has 0 aliphatic heterocycles. The first-order valence-electron chi connectivity index (χ1n) is 8.74. The average molecular weight is 320 g/mol. The summed E-state index contributed by atoms with van der Waals surface area (Å²) in [6, 6.07) is 0. The van der Waals surface area contributed by atoms with E-state index in [1.807, 2.05) is 12.2 Å². The first-order valence-corrected chi connectivity index (χ1v) is 8.74. The van der Waals surface area contributed by atoms with Crippen molar-refractivity contribution in [1.82, 2.24) is 0 Å². The van der Waals surface area contributed by atoms with Crippen molar-refractivity contribution in [3.05, 3.63) is 48.3 Å². The Morgan fingerprint density at radius 1 is 0.826 bits per heavy atom. The molecule has 0 saturated carbocycles. The summed E-state index contributed by atoms with van der Waals surface area (Å²) < 4.78 is 0. The molecular formula is C20H32O3. The predicted molar refractivity (Wildman–Crippen MR) is 97.6 cm³/mol. The normalized spacial score (nSPS) is 12.8. The summed E-state index contributed by atoms with van der Waals surface area (Å²) in [4.78, 5) is 10.3. The van der Waals surface area contributed by atoms with Gasteiger partial charge in [0, 0.05) is 6.42 Å². The summed E-state index contributed by atoms with van der Waals surface area (Å²) in [5, 5.41) is 18.2. The van der Waals surface area contributed by atoms with Crippen LogP contribution in [-0.4, -0.2) is 16.2 Å². The third-order valence-electron chi connectivity index (χ3n) is 3.34. The third kappa shape index (κ3) is 18.2. The quantitative estimate of drug-likeness (QED) is 0.176. The molecule has 0 fully saturated rings. The van der Waals surface area contributed by atoms with Gasteiger partial charge in [0.05, 0.1) is 0 Å². The Hall–Kier alpha value is -1.77. The van der Waals surface area contributed by atoms with E-state index < -0.39 is 5.97 Å². The molecule has 0 radical (unpaired) electrons. The van der Waals surface area contributed by atoms with Crippen molar-refractivity contribution >= 4 is 5.97 Å². The molecule has 2 N–H and O–H groups in total. The Morgan fingerprint density at radius 3 is 2.22 bits per heavy atom. The Kier molecular flexibility index (Phi) is 15.3. The van der Waals surface area contributed by atoms with Crippen LogP contribution in [0.1, 0.15) is 71.1 Å². The number of aliphatic carboxylic acids is 1. The van der Waals surface area contributed by atoms with Gasteiger partial charge in [0.2, 0.25) is 0 Å². The van der Waals surface area contributed by atoms with Crippen LogP contribution in [0.25, 0.3) is 0 Å². The molecule has 0 heterocycles. The van der Waals surface area contributed by atoms with E-state index in [0.717, 1.165) is 25.7 Å². The minimum Gasteiger partial charge on any atom is -0.508 e. The fourth-order valence-corrected chi connectivity index (χ4v) is 2.00. The highest BCUT2D eigenvalue weighted by Gasteiger charge is 1.94. The molecule has 0 amide bonds. The van der Waals surface area contributed by atoms with E-state index in [1.54, 1.807) is 12.2 Å². The molecule has 0 saturated heterocycles. The average Bonchev–Trinajstić information content (AvgIpc) is 2.52. The van der Waals surface area contributed by atoms with E-state index in [0.29, 0.717) is 6.42 Å². The van der Waals surface area contributed by atoms with Crippen molar-refractivity contribution < 1.29 is 15.0 Å². The number of carboxylic acid groups (broad SMARTS) is 1. The number of allylic oxidation sites excluding steroid dienone is 7. The van der Waals surface area contributed by atoms with Crippen molar-refractivity contribution in [2.45, 2.75) is 71.1 Å². The maximum atomic E-state index is 10.3. The lowest BCUT2D eigenvalue weighted by molar-refractivity contribution is -0.137. The zero-order valence-electron chi connectivity index (χ0n) is 14.4. The SMILES string of the molecule is CCCCC/C=C\C/C=C/C/C=C(O)\C=C\CCCCC(=O)O. The van der Waals surface area contributed by atoms with E-state index in [2.05, 4.69) is 25.2 Å². The maximum absolute atomic E-state index is 10.3. The predicted octanol–water partition coefficient (Wildman–Crippen LogP) is 6.10. The summed E-state index contributed by atoms with van der Waals surface area (Å²) in [5.74, 6) is -0.484. The second kappa shape index (κ2) is 16.6. The van der Waals surface area contributed by atoms with Gasteiger partial charge in [-0.25, -0.2) is 0 Å². The van der Waals surface area contributed by atoms with Crippen LogP contribution in [0.3, 0.4) is 0 Å². The van der Waals surface area contributed by atoms with Crippen molar-refractivity contribution in [2.24, 2.45) is 0 Å². The van der Waals surface area contributed by atoms with Crippen molar-refractivity contribution in [3.63, 3.8) is 0 Å². The summed E-state index contributed by atoms with van der Waals surface area (Å²) in [7, 11) is 0. The molecule has 3 nitrogen and oxygen atoms in total. The Balaban J connectivity index is 3.64. The third-order valence-corrected chi connectivity index (χ3v) is 3.34. The topological polar surface area (TPSA) is 57.5 Å². The smallest absolute Gasteiger partial charge is 0.303 e. The largest absolute Gasteiger partial charge is 0.508 e. The lowest BCUT2D eigenvalue weighted by atomic mass is 10.2. The van der Waals surface area contributed by atoms with Crippen molar-refractivity contribution in [2.75, 3.05) is 0 Å². The molecule has 0 aliphatic rings. The Bertz CT molecular complexity index is 403. The number of hydrogen-bond donors (Lipinski definition) is 2. The second-order valence-electron chi connectivity index (χ2n) is 5.58. The molecule has 0 aromatic rings. The van der Waals surface area contributed by atoms with Gasteiger partial charge < -0.3 is 10.2 Å². The lowest BCUT2D eigenvalue weighted by Crippen LogP contribution is -1.92. The summed E-state index contributed by atoms with van der Waals surface area (Å²) >= 11 is 0.